The minimum Gasteiger partial charge on any atom is -0.394 e. The van der Waals surface area contributed by atoms with E-state index in [0.717, 1.165) is 83.5 Å². The Morgan fingerprint density at radius 2 is 0.812 bits per heavy atom. The van der Waals surface area contributed by atoms with Gasteiger partial charge in [-0.3, -0.25) is 4.79 Å². The van der Waals surface area contributed by atoms with Crippen LogP contribution < -0.4 is 5.32 Å². The van der Waals surface area contributed by atoms with E-state index in [1.165, 1.54) is 103 Å². The Morgan fingerprint density at radius 1 is 0.435 bits per heavy atom. The molecule has 0 aromatic rings. The highest BCUT2D eigenvalue weighted by Gasteiger charge is 2.53. The van der Waals surface area contributed by atoms with Crippen molar-refractivity contribution in [2.24, 2.45) is 0 Å². The Balaban J connectivity index is 1.38. The van der Waals surface area contributed by atoms with Crippen LogP contribution in [0.25, 0.3) is 0 Å². The van der Waals surface area contributed by atoms with Crippen molar-refractivity contribution in [1.29, 1.82) is 0 Å². The largest absolute Gasteiger partial charge is 0.394 e. The predicted octanol–water partition coefficient (Wildman–Crippen LogP) is 7.60. The molecule has 0 aromatic heterocycles. The minimum atomic E-state index is -1.97. The van der Waals surface area contributed by atoms with Gasteiger partial charge in [-0.15, -0.1) is 0 Å². The molecule has 19 heteroatoms. The average Bonchev–Trinajstić information content (AvgIpc) is 3.05. The number of hydrogen-bond acceptors (Lipinski definition) is 18. The van der Waals surface area contributed by atoms with Crippen LogP contribution in [0.5, 0.6) is 0 Å². The summed E-state index contributed by atoms with van der Waals surface area (Å²) in [6.07, 6.45) is 30.3. The predicted molar refractivity (Wildman–Crippen MR) is 328 cm³/mol. The topological polar surface area (TPSA) is 307 Å². The van der Waals surface area contributed by atoms with Gasteiger partial charge in [0.1, 0.15) is 73.2 Å². The van der Waals surface area contributed by atoms with Crippen LogP contribution in [-0.2, 0) is 33.2 Å². The molecule has 0 aliphatic carbocycles. The summed E-state index contributed by atoms with van der Waals surface area (Å²) in [4.78, 5) is 13.4. The first kappa shape index (κ1) is 76.7. The Labute approximate surface area is 509 Å². The number of allylic oxidation sites excluding steroid dienone is 10. The maximum Gasteiger partial charge on any atom is 0.220 e. The van der Waals surface area contributed by atoms with Crippen LogP contribution in [0.15, 0.2) is 60.8 Å². The van der Waals surface area contributed by atoms with Crippen LogP contribution in [0.4, 0.5) is 0 Å². The molecule has 0 bridgehead atoms. The Bertz CT molecular complexity index is 1780. The summed E-state index contributed by atoms with van der Waals surface area (Å²) in [5.41, 5.74) is 0. The Kier molecular flexibility index (Phi) is 43.7. The molecule has 19 nitrogen and oxygen atoms in total. The SMILES string of the molecule is CC/C=C\C/C=C\C/C=C\C/C=C\C/C=C\CCCCCCCCCCCCCCCC(=O)NC(COC1OC(CO)C(OC2OC(CO)C(OC3OC(CO)C(O)C(O)C3O)C(O)C2O)C(O)C1O)C(O)CCCCCCCCCCCCC. The van der Waals surface area contributed by atoms with Crippen LogP contribution in [-0.4, -0.2) is 193 Å². The lowest BCUT2D eigenvalue weighted by Crippen LogP contribution is -2.66. The van der Waals surface area contributed by atoms with Gasteiger partial charge in [-0.2, -0.15) is 0 Å². The molecular formula is C66H117NO18. The molecule has 1 amide bonds. The van der Waals surface area contributed by atoms with E-state index in [1.807, 2.05) is 0 Å². The van der Waals surface area contributed by atoms with Crippen molar-refractivity contribution in [1.82, 2.24) is 5.32 Å². The first-order chi connectivity index (χ1) is 41.3. The standard InChI is InChI=1S/C66H117NO18/c1-3-5-7-9-11-13-15-16-17-18-19-20-21-22-23-24-25-26-27-28-29-30-31-32-34-36-38-40-42-44-54(72)67-49(50(71)43-41-39-37-35-33-14-12-10-8-6-4-2)48-80-64-60(78)57(75)62(52(46-69)82-64)85-66-61(79)58(76)63(53(47-70)83-66)84-65-59(77)56(74)55(73)51(45-68)81-65/h5,7,11,13,16-17,19-20,22-23,49-53,55-66,68-71,73-79H,3-4,6,8-10,12,14-15,18,21,24-48H2,1-2H3,(H,67,72)/b7-5-,13-11-,17-16-,20-19-,23-22-. The molecule has 3 aliphatic heterocycles. The lowest BCUT2D eigenvalue weighted by atomic mass is 9.96. The lowest BCUT2D eigenvalue weighted by Gasteiger charge is -2.48. The molecule has 3 saturated heterocycles. The van der Waals surface area contributed by atoms with Crippen molar-refractivity contribution in [2.45, 2.75) is 324 Å². The van der Waals surface area contributed by atoms with Gasteiger partial charge < -0.3 is 89.9 Å². The van der Waals surface area contributed by atoms with Crippen LogP contribution in [0.1, 0.15) is 219 Å². The number of rotatable bonds is 49. The van der Waals surface area contributed by atoms with Crippen LogP contribution >= 0.6 is 0 Å². The summed E-state index contributed by atoms with van der Waals surface area (Å²) in [6.45, 7) is 1.66. The fraction of sp³-hybridized carbons (Fsp3) is 0.833. The van der Waals surface area contributed by atoms with Crippen molar-refractivity contribution in [2.75, 3.05) is 26.4 Å². The first-order valence-electron chi connectivity index (χ1n) is 33.0. The molecule has 3 heterocycles. The second-order valence-corrected chi connectivity index (χ2v) is 23.6. The van der Waals surface area contributed by atoms with E-state index < -0.39 is 124 Å². The third kappa shape index (κ3) is 31.2. The van der Waals surface area contributed by atoms with Crippen molar-refractivity contribution in [3.63, 3.8) is 0 Å². The summed E-state index contributed by atoms with van der Waals surface area (Å²) < 4.78 is 34.3. The molecule has 12 N–H and O–H groups in total. The molecule has 85 heavy (non-hydrogen) atoms. The normalized spacial score (nSPS) is 29.4. The van der Waals surface area contributed by atoms with Gasteiger partial charge >= 0.3 is 0 Å². The van der Waals surface area contributed by atoms with Gasteiger partial charge in [-0.05, 0) is 57.8 Å². The number of aliphatic hydroxyl groups is 11. The zero-order valence-corrected chi connectivity index (χ0v) is 51.8. The average molecular weight is 1210 g/mol. The first-order valence-corrected chi connectivity index (χ1v) is 33.0. The Hall–Kier alpha value is -2.51. The summed E-state index contributed by atoms with van der Waals surface area (Å²) >= 11 is 0. The van der Waals surface area contributed by atoms with Crippen LogP contribution in [0.2, 0.25) is 0 Å². The molecule has 17 unspecified atom stereocenters. The van der Waals surface area contributed by atoms with Gasteiger partial charge in [0.05, 0.1) is 38.6 Å². The lowest BCUT2D eigenvalue weighted by molar-refractivity contribution is -0.379. The third-order valence-electron chi connectivity index (χ3n) is 16.4. The summed E-state index contributed by atoms with van der Waals surface area (Å²) in [7, 11) is 0. The number of aliphatic hydroxyl groups excluding tert-OH is 11. The van der Waals surface area contributed by atoms with Crippen molar-refractivity contribution >= 4 is 5.91 Å². The van der Waals surface area contributed by atoms with E-state index in [9.17, 15) is 61.0 Å². The minimum absolute atomic E-state index is 0.247. The van der Waals surface area contributed by atoms with E-state index in [0.29, 0.717) is 12.8 Å². The van der Waals surface area contributed by atoms with Gasteiger partial charge in [-0.1, -0.05) is 216 Å². The molecule has 0 aromatic carbocycles. The zero-order valence-electron chi connectivity index (χ0n) is 51.8. The van der Waals surface area contributed by atoms with E-state index in [2.05, 4.69) is 79.9 Å². The summed E-state index contributed by atoms with van der Waals surface area (Å²) in [6, 6.07) is -0.888. The second kappa shape index (κ2) is 48.4. The van der Waals surface area contributed by atoms with Gasteiger partial charge in [0.25, 0.3) is 0 Å². The molecule has 494 valence electrons. The molecule has 3 aliphatic rings. The van der Waals surface area contributed by atoms with Gasteiger partial charge in [0.15, 0.2) is 18.9 Å². The highest BCUT2D eigenvalue weighted by atomic mass is 16.8. The monoisotopic (exact) mass is 1210 g/mol. The van der Waals surface area contributed by atoms with E-state index >= 15 is 0 Å². The molecule has 17 atom stereocenters. The van der Waals surface area contributed by atoms with E-state index in [-0.39, 0.29) is 18.9 Å². The van der Waals surface area contributed by atoms with Crippen molar-refractivity contribution in [3.05, 3.63) is 60.8 Å². The molecular weight excluding hydrogens is 1090 g/mol. The summed E-state index contributed by atoms with van der Waals surface area (Å²) in [5, 5.41) is 120. The number of amides is 1. The van der Waals surface area contributed by atoms with Gasteiger partial charge in [0, 0.05) is 6.42 Å². The van der Waals surface area contributed by atoms with E-state index in [4.69, 9.17) is 28.4 Å². The quantitative estimate of drug-likeness (QED) is 0.0206. The summed E-state index contributed by atoms with van der Waals surface area (Å²) in [5.74, 6) is -0.247. The molecule has 3 rings (SSSR count). The van der Waals surface area contributed by atoms with Crippen molar-refractivity contribution in [3.8, 4) is 0 Å². The number of nitrogens with one attached hydrogen (secondary N) is 1. The van der Waals surface area contributed by atoms with E-state index in [1.54, 1.807) is 0 Å². The smallest absolute Gasteiger partial charge is 0.220 e. The number of carbonyl (C=O) groups is 1. The van der Waals surface area contributed by atoms with Crippen molar-refractivity contribution < 1.29 is 89.4 Å². The molecule has 0 saturated carbocycles. The second-order valence-electron chi connectivity index (χ2n) is 23.6. The molecule has 0 radical (unpaired) electrons. The van der Waals surface area contributed by atoms with Crippen LogP contribution in [0, 0.1) is 0 Å². The fourth-order valence-corrected chi connectivity index (χ4v) is 11.0. The molecule has 3 fully saturated rings. The maximum atomic E-state index is 13.4. The number of unbranched alkanes of at least 4 members (excludes halogenated alkanes) is 23. The van der Waals surface area contributed by atoms with Gasteiger partial charge in [-0.25, -0.2) is 0 Å². The molecule has 0 spiro atoms. The number of carbonyl (C=O) groups excluding carboxylic acids is 1. The maximum absolute atomic E-state index is 13.4. The zero-order chi connectivity index (χ0) is 61.9. The van der Waals surface area contributed by atoms with Gasteiger partial charge in [0.2, 0.25) is 5.91 Å². The Morgan fingerprint density at radius 3 is 1.27 bits per heavy atom. The highest BCUT2D eigenvalue weighted by Crippen LogP contribution is 2.33. The third-order valence-corrected chi connectivity index (χ3v) is 16.4. The highest BCUT2D eigenvalue weighted by molar-refractivity contribution is 5.76. The number of ether oxygens (including phenoxy) is 6. The van der Waals surface area contributed by atoms with Crippen LogP contribution in [0.3, 0.4) is 0 Å². The fourth-order valence-electron chi connectivity index (χ4n) is 11.0. The number of hydrogen-bond donors (Lipinski definition) is 12.